The smallest absolute Gasteiger partial charge is 0.251 e. The predicted molar refractivity (Wildman–Crippen MR) is 134 cm³/mol. The highest BCUT2D eigenvalue weighted by atomic mass is 16.2. The number of rotatable bonds is 8. The van der Waals surface area contributed by atoms with Crippen LogP contribution in [0.15, 0.2) is 67.0 Å². The van der Waals surface area contributed by atoms with Gasteiger partial charge in [-0.25, -0.2) is 0 Å². The van der Waals surface area contributed by atoms with Gasteiger partial charge in [-0.05, 0) is 85.6 Å². The molecule has 4 rings (SSSR count). The number of aromatic nitrogens is 1. The van der Waals surface area contributed by atoms with E-state index in [-0.39, 0.29) is 17.9 Å². The first kappa shape index (κ1) is 23.6. The van der Waals surface area contributed by atoms with Gasteiger partial charge in [-0.1, -0.05) is 31.0 Å². The third kappa shape index (κ3) is 6.08. The molecule has 6 nitrogen and oxygen atoms in total. The van der Waals surface area contributed by atoms with E-state index >= 15 is 0 Å². The van der Waals surface area contributed by atoms with Crippen molar-refractivity contribution >= 4 is 11.8 Å². The maximum absolute atomic E-state index is 13.1. The Balaban J connectivity index is 1.45. The molecule has 0 aliphatic heterocycles. The molecule has 1 aliphatic carbocycles. The monoisotopic (exact) mass is 456 g/mol. The minimum atomic E-state index is -0.126. The second kappa shape index (κ2) is 11.1. The topological polar surface area (TPSA) is 74.3 Å². The van der Waals surface area contributed by atoms with Gasteiger partial charge in [0.1, 0.15) is 0 Å². The molecular formula is C28H32N4O2. The fraction of sp³-hybridized carbons (Fsp3) is 0.321. The second-order valence-electron chi connectivity index (χ2n) is 9.18. The molecule has 2 amide bonds. The van der Waals surface area contributed by atoms with Gasteiger partial charge in [0.15, 0.2) is 0 Å². The van der Waals surface area contributed by atoms with Gasteiger partial charge in [-0.2, -0.15) is 0 Å². The predicted octanol–water partition coefficient (Wildman–Crippen LogP) is 4.41. The summed E-state index contributed by atoms with van der Waals surface area (Å²) in [5.74, 6) is -0.168. The summed E-state index contributed by atoms with van der Waals surface area (Å²) in [6.45, 7) is 1.01. The van der Waals surface area contributed by atoms with Crippen LogP contribution in [0.1, 0.15) is 57.5 Å². The van der Waals surface area contributed by atoms with E-state index in [1.165, 1.54) is 12.8 Å². The summed E-state index contributed by atoms with van der Waals surface area (Å²) in [6, 6.07) is 17.6. The van der Waals surface area contributed by atoms with Crippen LogP contribution in [0.4, 0.5) is 0 Å². The number of nitrogens with zero attached hydrogens (tertiary/aromatic N) is 2. The summed E-state index contributed by atoms with van der Waals surface area (Å²) in [7, 11) is 3.98. The molecule has 176 valence electrons. The van der Waals surface area contributed by atoms with Gasteiger partial charge in [0, 0.05) is 42.7 Å². The molecule has 0 bridgehead atoms. The number of benzene rings is 2. The van der Waals surface area contributed by atoms with Crippen molar-refractivity contribution in [1.29, 1.82) is 0 Å². The number of carbonyl (C=O) groups is 2. The molecule has 0 atom stereocenters. The molecule has 1 fully saturated rings. The van der Waals surface area contributed by atoms with Crippen LogP contribution in [0.2, 0.25) is 0 Å². The van der Waals surface area contributed by atoms with Crippen LogP contribution in [0, 0.1) is 0 Å². The van der Waals surface area contributed by atoms with Gasteiger partial charge in [-0.3, -0.25) is 14.6 Å². The zero-order valence-corrected chi connectivity index (χ0v) is 19.9. The van der Waals surface area contributed by atoms with Crippen molar-refractivity contribution < 1.29 is 9.59 Å². The van der Waals surface area contributed by atoms with Gasteiger partial charge in [0.2, 0.25) is 0 Å². The van der Waals surface area contributed by atoms with Crippen LogP contribution in [0.25, 0.3) is 11.1 Å². The minimum Gasteiger partial charge on any atom is -0.349 e. The lowest BCUT2D eigenvalue weighted by molar-refractivity contribution is 0.0935. The largest absolute Gasteiger partial charge is 0.349 e. The van der Waals surface area contributed by atoms with Gasteiger partial charge in [-0.15, -0.1) is 0 Å². The van der Waals surface area contributed by atoms with E-state index in [1.807, 2.05) is 62.6 Å². The van der Waals surface area contributed by atoms with E-state index in [9.17, 15) is 9.59 Å². The third-order valence-corrected chi connectivity index (χ3v) is 6.18. The standard InChI is InChI=1S/C28H32N4O2/c1-32(2)19-24-17-22(21-12-14-29-15-13-21)10-11-26(24)28(34)30-18-20-6-5-7-23(16-20)27(33)31-25-8-3-4-9-25/h5-7,10-17,25H,3-4,8-9,18-19H2,1-2H3,(H,30,34)(H,31,33). The molecule has 2 N–H and O–H groups in total. The molecule has 6 heteroatoms. The Morgan fingerprint density at radius 2 is 1.71 bits per heavy atom. The SMILES string of the molecule is CN(C)Cc1cc(-c2ccncc2)ccc1C(=O)NCc1cccc(C(=O)NC2CCCC2)c1. The average Bonchev–Trinajstić information content (AvgIpc) is 3.36. The normalized spacial score (nSPS) is 13.7. The summed E-state index contributed by atoms with van der Waals surface area (Å²) < 4.78 is 0. The van der Waals surface area contributed by atoms with Crippen LogP contribution >= 0.6 is 0 Å². The van der Waals surface area contributed by atoms with Gasteiger partial charge in [0.05, 0.1) is 0 Å². The van der Waals surface area contributed by atoms with Gasteiger partial charge in [0.25, 0.3) is 11.8 Å². The van der Waals surface area contributed by atoms with E-state index in [0.29, 0.717) is 24.2 Å². The highest BCUT2D eigenvalue weighted by molar-refractivity contribution is 5.96. The zero-order chi connectivity index (χ0) is 23.9. The molecule has 1 saturated carbocycles. The molecule has 0 radical (unpaired) electrons. The van der Waals surface area contributed by atoms with Crippen molar-refractivity contribution in [3.63, 3.8) is 0 Å². The Hall–Kier alpha value is -3.51. The number of amides is 2. The maximum atomic E-state index is 13.1. The van der Waals surface area contributed by atoms with E-state index in [2.05, 4.69) is 26.6 Å². The highest BCUT2D eigenvalue weighted by Gasteiger charge is 2.18. The lowest BCUT2D eigenvalue weighted by atomic mass is 9.98. The molecule has 1 aromatic heterocycles. The van der Waals surface area contributed by atoms with E-state index < -0.39 is 0 Å². The molecule has 0 spiro atoms. The molecule has 2 aromatic carbocycles. The lowest BCUT2D eigenvalue weighted by Gasteiger charge is -2.16. The first-order chi connectivity index (χ1) is 16.5. The fourth-order valence-electron chi connectivity index (χ4n) is 4.45. The number of pyridine rings is 1. The van der Waals surface area contributed by atoms with E-state index in [1.54, 1.807) is 12.4 Å². The van der Waals surface area contributed by atoms with Crippen molar-refractivity contribution in [2.75, 3.05) is 14.1 Å². The summed E-state index contributed by atoms with van der Waals surface area (Å²) in [5, 5.41) is 6.15. The molecule has 3 aromatic rings. The van der Waals surface area contributed by atoms with Crippen LogP contribution in [-0.4, -0.2) is 41.8 Å². The Bertz CT molecular complexity index is 1140. The molecule has 34 heavy (non-hydrogen) atoms. The Morgan fingerprint density at radius 1 is 0.941 bits per heavy atom. The van der Waals surface area contributed by atoms with Crippen LogP contribution < -0.4 is 10.6 Å². The number of hydrogen-bond acceptors (Lipinski definition) is 4. The molecule has 0 saturated heterocycles. The fourth-order valence-corrected chi connectivity index (χ4v) is 4.45. The maximum Gasteiger partial charge on any atom is 0.251 e. The first-order valence-corrected chi connectivity index (χ1v) is 11.9. The van der Waals surface area contributed by atoms with Crippen molar-refractivity contribution in [2.45, 2.75) is 44.8 Å². The van der Waals surface area contributed by atoms with Gasteiger partial charge < -0.3 is 15.5 Å². The molecule has 1 heterocycles. The molecular weight excluding hydrogens is 424 g/mol. The molecule has 0 unspecified atom stereocenters. The third-order valence-electron chi connectivity index (χ3n) is 6.18. The molecule has 1 aliphatic rings. The van der Waals surface area contributed by atoms with Crippen molar-refractivity contribution in [2.24, 2.45) is 0 Å². The van der Waals surface area contributed by atoms with Crippen molar-refractivity contribution in [3.05, 3.63) is 89.2 Å². The van der Waals surface area contributed by atoms with E-state index in [4.69, 9.17) is 0 Å². The zero-order valence-electron chi connectivity index (χ0n) is 19.9. The Kier molecular flexibility index (Phi) is 7.70. The van der Waals surface area contributed by atoms with Crippen LogP contribution in [0.5, 0.6) is 0 Å². The number of hydrogen-bond donors (Lipinski definition) is 2. The van der Waals surface area contributed by atoms with Crippen molar-refractivity contribution in [3.8, 4) is 11.1 Å². The lowest BCUT2D eigenvalue weighted by Crippen LogP contribution is -2.32. The summed E-state index contributed by atoms with van der Waals surface area (Å²) in [6.07, 6.45) is 7.99. The quantitative estimate of drug-likeness (QED) is 0.527. The first-order valence-electron chi connectivity index (χ1n) is 11.9. The summed E-state index contributed by atoms with van der Waals surface area (Å²) >= 11 is 0. The summed E-state index contributed by atoms with van der Waals surface area (Å²) in [4.78, 5) is 31.8. The van der Waals surface area contributed by atoms with Crippen LogP contribution in [-0.2, 0) is 13.1 Å². The highest BCUT2D eigenvalue weighted by Crippen LogP contribution is 2.23. The summed E-state index contributed by atoms with van der Waals surface area (Å²) in [5.41, 5.74) is 5.26. The number of nitrogens with one attached hydrogen (secondary N) is 2. The van der Waals surface area contributed by atoms with E-state index in [0.717, 1.165) is 35.1 Å². The van der Waals surface area contributed by atoms with Crippen LogP contribution in [0.3, 0.4) is 0 Å². The number of carbonyl (C=O) groups excluding carboxylic acids is 2. The van der Waals surface area contributed by atoms with Crippen molar-refractivity contribution in [1.82, 2.24) is 20.5 Å². The average molecular weight is 457 g/mol. The Labute approximate surface area is 201 Å². The second-order valence-corrected chi connectivity index (χ2v) is 9.18. The van der Waals surface area contributed by atoms with Gasteiger partial charge >= 0.3 is 0 Å². The minimum absolute atomic E-state index is 0.0416. The Morgan fingerprint density at radius 3 is 2.44 bits per heavy atom.